The van der Waals surface area contributed by atoms with Gasteiger partial charge in [0.25, 0.3) is 0 Å². The summed E-state index contributed by atoms with van der Waals surface area (Å²) in [7, 11) is 0. The zero-order chi connectivity index (χ0) is 21.5. The zero-order valence-corrected chi connectivity index (χ0v) is 17.0. The number of rotatable bonds is 7. The first kappa shape index (κ1) is 20.3. The number of anilines is 1. The Labute approximate surface area is 182 Å². The Bertz CT molecular complexity index is 1090. The van der Waals surface area contributed by atoms with E-state index in [0.29, 0.717) is 11.3 Å². The second-order valence-electron chi connectivity index (χ2n) is 7.36. The van der Waals surface area contributed by atoms with Gasteiger partial charge in [-0.2, -0.15) is 0 Å². The minimum absolute atomic E-state index is 0.202. The largest absolute Gasteiger partial charge is 0.325 e. The Balaban J connectivity index is 1.82. The molecule has 31 heavy (non-hydrogen) atoms. The van der Waals surface area contributed by atoms with Crippen LogP contribution < -0.4 is 5.32 Å². The van der Waals surface area contributed by atoms with Crippen molar-refractivity contribution in [2.45, 2.75) is 5.92 Å². The van der Waals surface area contributed by atoms with Crippen molar-refractivity contribution in [3.8, 4) is 0 Å². The van der Waals surface area contributed by atoms with Crippen LogP contribution in [0.5, 0.6) is 0 Å². The highest BCUT2D eigenvalue weighted by Crippen LogP contribution is 2.35. The first-order valence-electron chi connectivity index (χ1n) is 10.3. The summed E-state index contributed by atoms with van der Waals surface area (Å²) >= 11 is 0. The highest BCUT2D eigenvalue weighted by atomic mass is 16.2. The Morgan fingerprint density at radius 3 is 1.45 bits per heavy atom. The number of hydrogen-bond acceptors (Lipinski definition) is 2. The Morgan fingerprint density at radius 2 is 0.968 bits per heavy atom. The van der Waals surface area contributed by atoms with Gasteiger partial charge in [0.2, 0.25) is 5.91 Å². The van der Waals surface area contributed by atoms with Crippen molar-refractivity contribution in [3.63, 3.8) is 0 Å². The summed E-state index contributed by atoms with van der Waals surface area (Å²) in [6.45, 7) is 0. The number of amides is 1. The SMILES string of the molecule is O=C(Nc1ccccc1)C(C(=O)c1ccccc1)C(c1ccccc1)c1ccccc1. The summed E-state index contributed by atoms with van der Waals surface area (Å²) < 4.78 is 0. The van der Waals surface area contributed by atoms with Crippen LogP contribution in [0.2, 0.25) is 0 Å². The minimum atomic E-state index is -0.924. The highest BCUT2D eigenvalue weighted by Gasteiger charge is 2.37. The van der Waals surface area contributed by atoms with Crippen LogP contribution >= 0.6 is 0 Å². The third-order valence-electron chi connectivity index (χ3n) is 5.32. The fourth-order valence-corrected chi connectivity index (χ4v) is 3.84. The lowest BCUT2D eigenvalue weighted by atomic mass is 9.76. The lowest BCUT2D eigenvalue weighted by molar-refractivity contribution is -0.118. The molecule has 0 heterocycles. The van der Waals surface area contributed by atoms with E-state index in [1.165, 1.54) is 0 Å². The van der Waals surface area contributed by atoms with Crippen molar-refractivity contribution in [2.75, 3.05) is 5.32 Å². The van der Waals surface area contributed by atoms with Crippen molar-refractivity contribution >= 4 is 17.4 Å². The van der Waals surface area contributed by atoms with Crippen molar-refractivity contribution in [2.24, 2.45) is 5.92 Å². The molecule has 4 aromatic rings. The molecule has 0 aromatic heterocycles. The summed E-state index contributed by atoms with van der Waals surface area (Å²) in [6, 6.07) is 37.8. The van der Waals surface area contributed by atoms with Crippen LogP contribution in [-0.4, -0.2) is 11.7 Å². The van der Waals surface area contributed by atoms with E-state index in [-0.39, 0.29) is 11.7 Å². The summed E-state index contributed by atoms with van der Waals surface area (Å²) in [4.78, 5) is 27.3. The normalized spacial score (nSPS) is 11.6. The molecule has 0 fully saturated rings. The molecule has 1 atom stereocenters. The van der Waals surface area contributed by atoms with Gasteiger partial charge in [0.15, 0.2) is 5.78 Å². The number of carbonyl (C=O) groups is 2. The number of para-hydroxylation sites is 1. The van der Waals surface area contributed by atoms with Crippen molar-refractivity contribution in [3.05, 3.63) is 138 Å². The van der Waals surface area contributed by atoms with Gasteiger partial charge in [-0.1, -0.05) is 109 Å². The predicted molar refractivity (Wildman–Crippen MR) is 124 cm³/mol. The van der Waals surface area contributed by atoms with Crippen LogP contribution in [0, 0.1) is 5.92 Å². The lowest BCUT2D eigenvalue weighted by Crippen LogP contribution is -2.35. The van der Waals surface area contributed by atoms with Gasteiger partial charge in [0.05, 0.1) is 0 Å². The molecule has 0 saturated heterocycles. The van der Waals surface area contributed by atoms with Crippen LogP contribution in [0.4, 0.5) is 5.69 Å². The topological polar surface area (TPSA) is 46.2 Å². The molecule has 0 bridgehead atoms. The quantitative estimate of drug-likeness (QED) is 0.305. The summed E-state index contributed by atoms with van der Waals surface area (Å²) in [5, 5.41) is 2.95. The molecule has 0 saturated carbocycles. The number of carbonyl (C=O) groups excluding carboxylic acids is 2. The van der Waals surface area contributed by atoms with E-state index in [0.717, 1.165) is 11.1 Å². The number of nitrogens with one attached hydrogen (secondary N) is 1. The molecule has 0 radical (unpaired) electrons. The van der Waals surface area contributed by atoms with E-state index in [1.54, 1.807) is 12.1 Å². The minimum Gasteiger partial charge on any atom is -0.325 e. The summed E-state index contributed by atoms with van der Waals surface area (Å²) in [6.07, 6.45) is 0. The van der Waals surface area contributed by atoms with Gasteiger partial charge in [-0.3, -0.25) is 9.59 Å². The number of ketones is 1. The first-order valence-corrected chi connectivity index (χ1v) is 10.3. The number of benzene rings is 4. The van der Waals surface area contributed by atoms with Crippen LogP contribution in [0.3, 0.4) is 0 Å². The van der Waals surface area contributed by atoms with Gasteiger partial charge < -0.3 is 5.32 Å². The predicted octanol–water partition coefficient (Wildman–Crippen LogP) is 5.96. The van der Waals surface area contributed by atoms with Gasteiger partial charge >= 0.3 is 0 Å². The maximum atomic E-state index is 13.7. The number of hydrogen-bond donors (Lipinski definition) is 1. The van der Waals surface area contributed by atoms with E-state index in [4.69, 9.17) is 0 Å². The van der Waals surface area contributed by atoms with Crippen molar-refractivity contribution in [1.82, 2.24) is 0 Å². The molecule has 1 N–H and O–H groups in total. The molecule has 3 nitrogen and oxygen atoms in total. The van der Waals surface area contributed by atoms with E-state index in [2.05, 4.69) is 5.32 Å². The average Bonchev–Trinajstić information content (AvgIpc) is 2.84. The van der Waals surface area contributed by atoms with Gasteiger partial charge in [0, 0.05) is 17.2 Å². The van der Waals surface area contributed by atoms with Gasteiger partial charge in [-0.05, 0) is 23.3 Å². The third kappa shape index (κ3) is 4.78. The fraction of sp³-hybridized carbons (Fsp3) is 0.0714. The second kappa shape index (κ2) is 9.68. The van der Waals surface area contributed by atoms with Crippen molar-refractivity contribution in [1.29, 1.82) is 0 Å². The second-order valence-corrected chi connectivity index (χ2v) is 7.36. The van der Waals surface area contributed by atoms with E-state index in [1.807, 2.05) is 109 Å². The van der Waals surface area contributed by atoms with Crippen LogP contribution in [0.1, 0.15) is 27.4 Å². The van der Waals surface area contributed by atoms with Crippen LogP contribution in [-0.2, 0) is 4.79 Å². The summed E-state index contributed by atoms with van der Waals surface area (Å²) in [5.74, 6) is -1.87. The molecule has 4 rings (SSSR count). The fourth-order valence-electron chi connectivity index (χ4n) is 3.84. The highest BCUT2D eigenvalue weighted by molar-refractivity contribution is 6.14. The number of Topliss-reactive ketones (excluding diaryl/α,β-unsaturated/α-hetero) is 1. The summed E-state index contributed by atoms with van der Waals surface area (Å²) in [5.41, 5.74) is 3.03. The molecule has 1 unspecified atom stereocenters. The molecule has 0 aliphatic carbocycles. The van der Waals surface area contributed by atoms with Gasteiger partial charge in [-0.15, -0.1) is 0 Å². The lowest BCUT2D eigenvalue weighted by Gasteiger charge is -2.27. The van der Waals surface area contributed by atoms with Gasteiger partial charge in [-0.25, -0.2) is 0 Å². The van der Waals surface area contributed by atoms with Gasteiger partial charge in [0.1, 0.15) is 5.92 Å². The Morgan fingerprint density at radius 1 is 0.548 bits per heavy atom. The molecular weight excluding hydrogens is 382 g/mol. The van der Waals surface area contributed by atoms with Crippen LogP contribution in [0.15, 0.2) is 121 Å². The zero-order valence-electron chi connectivity index (χ0n) is 17.0. The standard InChI is InChI=1S/C28H23NO2/c30-27(23-17-9-3-10-18-23)26(28(31)29-24-19-11-4-12-20-24)25(21-13-5-1-6-14-21)22-15-7-2-8-16-22/h1-20,25-26H,(H,29,31). The maximum Gasteiger partial charge on any atom is 0.236 e. The molecular formula is C28H23NO2. The monoisotopic (exact) mass is 405 g/mol. The van der Waals surface area contributed by atoms with E-state index < -0.39 is 11.8 Å². The molecule has 4 aromatic carbocycles. The Kier molecular flexibility index (Phi) is 6.34. The smallest absolute Gasteiger partial charge is 0.236 e. The molecule has 0 spiro atoms. The van der Waals surface area contributed by atoms with E-state index >= 15 is 0 Å². The van der Waals surface area contributed by atoms with Crippen molar-refractivity contribution < 1.29 is 9.59 Å². The Hall–Kier alpha value is -3.98. The molecule has 1 amide bonds. The first-order chi connectivity index (χ1) is 15.2. The van der Waals surface area contributed by atoms with E-state index in [9.17, 15) is 9.59 Å². The third-order valence-corrected chi connectivity index (χ3v) is 5.32. The van der Waals surface area contributed by atoms with Crippen LogP contribution in [0.25, 0.3) is 0 Å². The maximum absolute atomic E-state index is 13.7. The average molecular weight is 405 g/mol. The molecule has 0 aliphatic rings. The molecule has 3 heteroatoms. The molecule has 152 valence electrons. The molecule has 0 aliphatic heterocycles.